The van der Waals surface area contributed by atoms with Gasteiger partial charge in [-0.2, -0.15) is 0 Å². The topological polar surface area (TPSA) is 78.5 Å². The Morgan fingerprint density at radius 1 is 1.26 bits per heavy atom. The molecule has 1 saturated heterocycles. The second-order valence-corrected chi connectivity index (χ2v) is 10.6. The maximum absolute atomic E-state index is 12.4. The van der Waals surface area contributed by atoms with Crippen LogP contribution < -0.4 is 10.6 Å². The molecule has 8 heteroatoms. The minimum absolute atomic E-state index is 0.00992. The van der Waals surface area contributed by atoms with E-state index in [0.717, 1.165) is 17.3 Å². The summed E-state index contributed by atoms with van der Waals surface area (Å²) in [6, 6.07) is 8.09. The normalized spacial score (nSPS) is 20.7. The molecular formula is C19H28BrN3O3S. The molecule has 1 aliphatic heterocycles. The van der Waals surface area contributed by atoms with Gasteiger partial charge in [0.05, 0.1) is 5.75 Å². The molecule has 0 bridgehead atoms. The van der Waals surface area contributed by atoms with Gasteiger partial charge < -0.3 is 10.6 Å². The summed E-state index contributed by atoms with van der Waals surface area (Å²) in [5.41, 5.74) is 1.27. The first-order chi connectivity index (χ1) is 12.9. The third-order valence-corrected chi connectivity index (χ3v) is 8.46. The van der Waals surface area contributed by atoms with Crippen molar-refractivity contribution in [3.63, 3.8) is 0 Å². The van der Waals surface area contributed by atoms with Gasteiger partial charge in [0.15, 0.2) is 0 Å². The van der Waals surface area contributed by atoms with Crippen LogP contribution in [0.25, 0.3) is 0 Å². The summed E-state index contributed by atoms with van der Waals surface area (Å²) in [6.45, 7) is 3.23. The fraction of sp³-hybridized carbons (Fsp3) is 0.632. The molecule has 1 saturated carbocycles. The summed E-state index contributed by atoms with van der Waals surface area (Å²) in [6.07, 6.45) is 4.63. The monoisotopic (exact) mass is 457 g/mol. The number of piperidine rings is 1. The zero-order valence-corrected chi connectivity index (χ0v) is 18.1. The lowest BCUT2D eigenvalue weighted by Crippen LogP contribution is -2.52. The summed E-state index contributed by atoms with van der Waals surface area (Å²) < 4.78 is 26.5. The van der Waals surface area contributed by atoms with Crippen molar-refractivity contribution in [2.24, 2.45) is 0 Å². The first-order valence-electron chi connectivity index (χ1n) is 9.63. The molecule has 1 heterocycles. The maximum atomic E-state index is 12.4. The number of sulfonamides is 1. The van der Waals surface area contributed by atoms with E-state index < -0.39 is 10.0 Å². The Kier molecular flexibility index (Phi) is 6.48. The number of hydrogen-bond donors (Lipinski definition) is 2. The van der Waals surface area contributed by atoms with E-state index in [9.17, 15) is 13.2 Å². The van der Waals surface area contributed by atoms with E-state index in [-0.39, 0.29) is 23.2 Å². The number of amides is 2. The van der Waals surface area contributed by atoms with Crippen molar-refractivity contribution in [1.29, 1.82) is 0 Å². The number of carbonyl (C=O) groups excluding carboxylic acids is 1. The van der Waals surface area contributed by atoms with Crippen LogP contribution in [0.1, 0.15) is 44.6 Å². The lowest BCUT2D eigenvalue weighted by Gasteiger charge is -2.43. The molecule has 1 aromatic carbocycles. The molecule has 27 heavy (non-hydrogen) atoms. The molecule has 2 N–H and O–H groups in total. The van der Waals surface area contributed by atoms with Gasteiger partial charge >= 0.3 is 6.03 Å². The second kappa shape index (κ2) is 8.49. The first-order valence-corrected chi connectivity index (χ1v) is 12.0. The van der Waals surface area contributed by atoms with Crippen molar-refractivity contribution in [1.82, 2.24) is 14.9 Å². The molecule has 0 unspecified atom stereocenters. The molecular weight excluding hydrogens is 430 g/mol. The molecule has 0 radical (unpaired) electrons. The summed E-state index contributed by atoms with van der Waals surface area (Å²) in [4.78, 5) is 12.4. The zero-order chi connectivity index (χ0) is 19.5. The maximum Gasteiger partial charge on any atom is 0.315 e. The molecule has 6 nitrogen and oxygen atoms in total. The quantitative estimate of drug-likeness (QED) is 0.688. The van der Waals surface area contributed by atoms with E-state index in [1.54, 1.807) is 6.92 Å². The van der Waals surface area contributed by atoms with Gasteiger partial charge in [-0.05, 0) is 44.2 Å². The standard InChI is InChI=1S/C19H28BrN3O3S/c1-2-27(25,26)23-12-8-15(9-13-23)22-18(24)21-14-19(10-5-11-19)16-6-3-4-7-17(16)20/h3-4,6-7,15H,2,5,8-14H2,1H3,(H2,21,22,24). The highest BCUT2D eigenvalue weighted by atomic mass is 79.9. The number of hydrogen-bond acceptors (Lipinski definition) is 3. The second-order valence-electron chi connectivity index (χ2n) is 7.51. The van der Waals surface area contributed by atoms with E-state index >= 15 is 0 Å². The zero-order valence-electron chi connectivity index (χ0n) is 15.7. The van der Waals surface area contributed by atoms with Gasteiger partial charge in [-0.3, -0.25) is 0 Å². The molecule has 1 aliphatic carbocycles. The molecule has 0 spiro atoms. The van der Waals surface area contributed by atoms with Crippen molar-refractivity contribution in [3.8, 4) is 0 Å². The fourth-order valence-corrected chi connectivity index (χ4v) is 5.82. The molecule has 1 aromatic rings. The number of nitrogens with zero attached hydrogens (tertiary/aromatic N) is 1. The van der Waals surface area contributed by atoms with Crippen LogP contribution >= 0.6 is 15.9 Å². The molecule has 3 rings (SSSR count). The van der Waals surface area contributed by atoms with Gasteiger partial charge in [0, 0.05) is 35.6 Å². The van der Waals surface area contributed by atoms with Crippen molar-refractivity contribution in [2.45, 2.75) is 50.5 Å². The molecule has 0 aromatic heterocycles. The molecule has 150 valence electrons. The predicted molar refractivity (Wildman–Crippen MR) is 110 cm³/mol. The van der Waals surface area contributed by atoms with Crippen LogP contribution in [0, 0.1) is 0 Å². The highest BCUT2D eigenvalue weighted by molar-refractivity contribution is 9.10. The number of nitrogens with one attached hydrogen (secondary N) is 2. The lowest BCUT2D eigenvalue weighted by molar-refractivity contribution is 0.207. The Morgan fingerprint density at radius 3 is 2.48 bits per heavy atom. The highest BCUT2D eigenvalue weighted by Gasteiger charge is 2.40. The Morgan fingerprint density at radius 2 is 1.93 bits per heavy atom. The van der Waals surface area contributed by atoms with Crippen LogP contribution in [0.5, 0.6) is 0 Å². The van der Waals surface area contributed by atoms with Crippen LogP contribution in [0.3, 0.4) is 0 Å². The van der Waals surface area contributed by atoms with Crippen molar-refractivity contribution >= 4 is 32.0 Å². The van der Waals surface area contributed by atoms with E-state index in [1.807, 2.05) is 18.2 Å². The van der Waals surface area contributed by atoms with Crippen molar-refractivity contribution in [3.05, 3.63) is 34.3 Å². The Hall–Kier alpha value is -1.12. The number of halogens is 1. The van der Waals surface area contributed by atoms with Crippen LogP contribution in [0.4, 0.5) is 4.79 Å². The van der Waals surface area contributed by atoms with Crippen molar-refractivity contribution in [2.75, 3.05) is 25.4 Å². The van der Waals surface area contributed by atoms with Gasteiger partial charge in [-0.15, -0.1) is 0 Å². The minimum atomic E-state index is -3.13. The van der Waals surface area contributed by atoms with E-state index in [1.165, 1.54) is 16.3 Å². The summed E-state index contributed by atoms with van der Waals surface area (Å²) in [5.74, 6) is 0.128. The smallest absolute Gasteiger partial charge is 0.315 e. The number of benzene rings is 1. The first kappa shape index (κ1) is 20.6. The van der Waals surface area contributed by atoms with Crippen LogP contribution in [0.15, 0.2) is 28.7 Å². The average molecular weight is 458 g/mol. The summed E-state index contributed by atoms with van der Waals surface area (Å²) >= 11 is 3.64. The van der Waals surface area contributed by atoms with Crippen LogP contribution in [-0.2, 0) is 15.4 Å². The fourth-order valence-electron chi connectivity index (χ4n) is 3.98. The van der Waals surface area contributed by atoms with Gasteiger partial charge in [-0.25, -0.2) is 17.5 Å². The van der Waals surface area contributed by atoms with Crippen LogP contribution in [-0.4, -0.2) is 50.2 Å². The summed E-state index contributed by atoms with van der Waals surface area (Å²) in [7, 11) is -3.13. The Balaban J connectivity index is 1.50. The average Bonchev–Trinajstić information content (AvgIpc) is 2.62. The Labute approximate surface area is 170 Å². The minimum Gasteiger partial charge on any atom is -0.337 e. The third-order valence-electron chi connectivity index (χ3n) is 5.89. The van der Waals surface area contributed by atoms with Gasteiger partial charge in [0.25, 0.3) is 0 Å². The summed E-state index contributed by atoms with van der Waals surface area (Å²) in [5, 5.41) is 6.06. The number of rotatable bonds is 6. The third kappa shape index (κ3) is 4.66. The van der Waals surface area contributed by atoms with E-state index in [0.29, 0.717) is 32.5 Å². The highest BCUT2D eigenvalue weighted by Crippen LogP contribution is 2.45. The predicted octanol–water partition coefficient (Wildman–Crippen LogP) is 2.98. The van der Waals surface area contributed by atoms with Gasteiger partial charge in [-0.1, -0.05) is 40.5 Å². The number of carbonyl (C=O) groups is 1. The number of urea groups is 1. The largest absolute Gasteiger partial charge is 0.337 e. The van der Waals surface area contributed by atoms with E-state index in [4.69, 9.17) is 0 Å². The lowest BCUT2D eigenvalue weighted by atomic mass is 9.64. The SMILES string of the molecule is CCS(=O)(=O)N1CCC(NC(=O)NCC2(c3ccccc3Br)CCC2)CC1. The van der Waals surface area contributed by atoms with Gasteiger partial charge in [0.1, 0.15) is 0 Å². The van der Waals surface area contributed by atoms with E-state index in [2.05, 4.69) is 32.6 Å². The van der Waals surface area contributed by atoms with Crippen molar-refractivity contribution < 1.29 is 13.2 Å². The molecule has 2 aliphatic rings. The molecule has 2 amide bonds. The Bertz CT molecular complexity index is 772. The molecule has 0 atom stereocenters. The molecule has 2 fully saturated rings. The van der Waals surface area contributed by atoms with Crippen LogP contribution in [0.2, 0.25) is 0 Å². The van der Waals surface area contributed by atoms with Gasteiger partial charge in [0.2, 0.25) is 10.0 Å².